The van der Waals surface area contributed by atoms with E-state index in [1.54, 1.807) is 17.8 Å². The number of hydrogen-bond donors (Lipinski definition) is 2. The minimum atomic E-state index is -0.504. The number of carbonyl (C=O) groups is 1. The molecule has 0 saturated heterocycles. The number of nitro benzene ring substituents is 1. The molecule has 31 heavy (non-hydrogen) atoms. The van der Waals surface area contributed by atoms with Gasteiger partial charge in [0.05, 0.1) is 10.6 Å². The Morgan fingerprint density at radius 2 is 1.84 bits per heavy atom. The van der Waals surface area contributed by atoms with Crippen molar-refractivity contribution in [3.8, 4) is 11.3 Å². The zero-order valence-corrected chi connectivity index (χ0v) is 17.7. The molecule has 0 spiro atoms. The Morgan fingerprint density at radius 3 is 2.61 bits per heavy atom. The van der Waals surface area contributed by atoms with Crippen LogP contribution in [0.2, 0.25) is 0 Å². The first-order valence-electron chi connectivity index (χ1n) is 9.86. The van der Waals surface area contributed by atoms with Gasteiger partial charge in [-0.25, -0.2) is 0 Å². The largest absolute Gasteiger partial charge is 0.354 e. The average Bonchev–Trinajstić information content (AvgIpc) is 3.15. The molecule has 1 heterocycles. The van der Waals surface area contributed by atoms with Gasteiger partial charge in [0.25, 0.3) is 11.6 Å². The number of aromatic amines is 1. The number of benzene rings is 3. The summed E-state index contributed by atoms with van der Waals surface area (Å²) in [5, 5.41) is 14.9. The van der Waals surface area contributed by atoms with Crippen molar-refractivity contribution in [2.24, 2.45) is 0 Å². The lowest BCUT2D eigenvalue weighted by Gasteiger charge is -2.07. The molecular weight excluding hydrogens is 410 g/mol. The van der Waals surface area contributed by atoms with Crippen molar-refractivity contribution in [3.05, 3.63) is 94.0 Å². The van der Waals surface area contributed by atoms with Crippen LogP contribution in [0.3, 0.4) is 0 Å². The maximum absolute atomic E-state index is 12.4. The van der Waals surface area contributed by atoms with Crippen LogP contribution in [-0.2, 0) is 0 Å². The molecule has 0 fully saturated rings. The number of thioether (sulfide) groups is 1. The maximum atomic E-state index is 12.4. The predicted octanol–water partition coefficient (Wildman–Crippen LogP) is 5.57. The third kappa shape index (κ3) is 4.62. The number of fused-ring (bicyclic) bond motifs is 1. The summed E-state index contributed by atoms with van der Waals surface area (Å²) in [6.45, 7) is 2.51. The van der Waals surface area contributed by atoms with Crippen LogP contribution in [0, 0.1) is 17.0 Å². The van der Waals surface area contributed by atoms with E-state index in [1.165, 1.54) is 23.8 Å². The summed E-state index contributed by atoms with van der Waals surface area (Å²) < 4.78 is 0. The number of aromatic nitrogens is 1. The number of amides is 1. The van der Waals surface area contributed by atoms with E-state index in [1.807, 2.05) is 12.1 Å². The van der Waals surface area contributed by atoms with Gasteiger partial charge in [0.15, 0.2) is 0 Å². The molecule has 3 aromatic carbocycles. The van der Waals surface area contributed by atoms with Crippen molar-refractivity contribution >= 4 is 34.3 Å². The summed E-state index contributed by atoms with van der Waals surface area (Å²) in [5.74, 6) is 0.350. The van der Waals surface area contributed by atoms with Crippen molar-refractivity contribution in [1.29, 1.82) is 0 Å². The van der Waals surface area contributed by atoms with Gasteiger partial charge in [0.1, 0.15) is 0 Å². The molecule has 4 rings (SSSR count). The third-order valence-corrected chi connectivity index (χ3v) is 6.07. The van der Waals surface area contributed by atoms with Gasteiger partial charge in [0, 0.05) is 45.8 Å². The number of para-hydroxylation sites is 1. The minimum Gasteiger partial charge on any atom is -0.354 e. The van der Waals surface area contributed by atoms with E-state index in [2.05, 4.69) is 53.6 Å². The lowest BCUT2D eigenvalue weighted by Crippen LogP contribution is -2.25. The molecule has 2 N–H and O–H groups in total. The second-order valence-electron chi connectivity index (χ2n) is 7.15. The summed E-state index contributed by atoms with van der Waals surface area (Å²) in [4.78, 5) is 27.4. The average molecular weight is 432 g/mol. The minimum absolute atomic E-state index is 0.0939. The van der Waals surface area contributed by atoms with E-state index in [-0.39, 0.29) is 17.2 Å². The van der Waals surface area contributed by atoms with Crippen LogP contribution < -0.4 is 5.32 Å². The van der Waals surface area contributed by atoms with Gasteiger partial charge >= 0.3 is 0 Å². The van der Waals surface area contributed by atoms with Crippen LogP contribution in [0.1, 0.15) is 15.9 Å². The first-order valence-corrected chi connectivity index (χ1v) is 10.8. The molecule has 1 amide bonds. The fourth-order valence-corrected chi connectivity index (χ4v) is 4.43. The molecule has 1 aromatic heterocycles. The Morgan fingerprint density at radius 1 is 1.06 bits per heavy atom. The first-order chi connectivity index (χ1) is 15.0. The highest BCUT2D eigenvalue weighted by Crippen LogP contribution is 2.37. The number of carbonyl (C=O) groups excluding carboxylic acids is 1. The van der Waals surface area contributed by atoms with Gasteiger partial charge in [-0.3, -0.25) is 14.9 Å². The van der Waals surface area contributed by atoms with E-state index < -0.39 is 4.92 Å². The molecule has 0 aliphatic rings. The Hall–Kier alpha value is -3.58. The second-order valence-corrected chi connectivity index (χ2v) is 8.26. The van der Waals surface area contributed by atoms with Gasteiger partial charge in [-0.15, -0.1) is 11.8 Å². The van der Waals surface area contributed by atoms with Crippen LogP contribution in [-0.4, -0.2) is 28.1 Å². The molecule has 156 valence electrons. The monoisotopic (exact) mass is 431 g/mol. The highest BCUT2D eigenvalue weighted by atomic mass is 32.2. The van der Waals surface area contributed by atoms with Crippen molar-refractivity contribution in [3.63, 3.8) is 0 Å². The number of H-pyrrole nitrogens is 1. The molecule has 7 heteroatoms. The Bertz CT molecular complexity index is 1250. The normalized spacial score (nSPS) is 10.9. The summed E-state index contributed by atoms with van der Waals surface area (Å²) in [6, 6.07) is 22.3. The zero-order chi connectivity index (χ0) is 21.8. The number of nitro groups is 1. The van der Waals surface area contributed by atoms with Crippen molar-refractivity contribution < 1.29 is 9.72 Å². The number of rotatable bonds is 7. The van der Waals surface area contributed by atoms with E-state index in [0.717, 1.165) is 27.1 Å². The van der Waals surface area contributed by atoms with E-state index >= 15 is 0 Å². The first kappa shape index (κ1) is 20.7. The summed E-state index contributed by atoms with van der Waals surface area (Å²) >= 11 is 1.67. The highest BCUT2D eigenvalue weighted by Gasteiger charge is 2.14. The van der Waals surface area contributed by atoms with Gasteiger partial charge in [-0.2, -0.15) is 0 Å². The number of aryl methyl sites for hydroxylation is 1. The Balaban J connectivity index is 1.47. The second kappa shape index (κ2) is 9.06. The van der Waals surface area contributed by atoms with E-state index in [4.69, 9.17) is 0 Å². The number of nitrogens with one attached hydrogen (secondary N) is 2. The van der Waals surface area contributed by atoms with E-state index in [9.17, 15) is 14.9 Å². The van der Waals surface area contributed by atoms with Gasteiger partial charge in [0.2, 0.25) is 0 Å². The molecular formula is C24H21N3O3S. The summed E-state index contributed by atoms with van der Waals surface area (Å²) in [5.41, 5.74) is 4.65. The molecule has 0 bridgehead atoms. The summed E-state index contributed by atoms with van der Waals surface area (Å²) in [6.07, 6.45) is 0. The van der Waals surface area contributed by atoms with Crippen molar-refractivity contribution in [2.75, 3.05) is 12.3 Å². The standard InChI is InChI=1S/C24H21N3O3S/c1-16-9-11-17(12-10-16)22-23(20-7-2-3-8-21(20)26-22)31-14-13-25-24(28)18-5-4-6-19(15-18)27(29)30/h2-12,15,26H,13-14H2,1H3,(H,25,28). The Kier molecular flexibility index (Phi) is 6.04. The molecule has 0 aliphatic carbocycles. The predicted molar refractivity (Wildman–Crippen MR) is 125 cm³/mol. The van der Waals surface area contributed by atoms with Crippen LogP contribution in [0.4, 0.5) is 5.69 Å². The quantitative estimate of drug-likeness (QED) is 0.173. The molecule has 4 aromatic rings. The lowest BCUT2D eigenvalue weighted by atomic mass is 10.1. The SMILES string of the molecule is Cc1ccc(-c2[nH]c3ccccc3c2SCCNC(=O)c2cccc([N+](=O)[O-])c2)cc1. The lowest BCUT2D eigenvalue weighted by molar-refractivity contribution is -0.384. The molecule has 0 saturated carbocycles. The van der Waals surface area contributed by atoms with Crippen LogP contribution >= 0.6 is 11.8 Å². The molecule has 0 radical (unpaired) electrons. The van der Waals surface area contributed by atoms with Crippen molar-refractivity contribution in [1.82, 2.24) is 10.3 Å². The van der Waals surface area contributed by atoms with Crippen molar-refractivity contribution in [2.45, 2.75) is 11.8 Å². The zero-order valence-electron chi connectivity index (χ0n) is 16.9. The van der Waals surface area contributed by atoms with Gasteiger partial charge < -0.3 is 10.3 Å². The topological polar surface area (TPSA) is 88.0 Å². The van der Waals surface area contributed by atoms with Crippen LogP contribution in [0.25, 0.3) is 22.2 Å². The van der Waals surface area contributed by atoms with Gasteiger partial charge in [-0.05, 0) is 24.6 Å². The molecule has 0 aliphatic heterocycles. The molecule has 0 atom stereocenters. The maximum Gasteiger partial charge on any atom is 0.270 e. The number of hydrogen-bond acceptors (Lipinski definition) is 4. The molecule has 6 nitrogen and oxygen atoms in total. The number of non-ortho nitro benzene ring substituents is 1. The van der Waals surface area contributed by atoms with E-state index in [0.29, 0.717) is 12.3 Å². The van der Waals surface area contributed by atoms with Gasteiger partial charge in [-0.1, -0.05) is 54.1 Å². The smallest absolute Gasteiger partial charge is 0.270 e. The molecule has 0 unspecified atom stereocenters. The highest BCUT2D eigenvalue weighted by molar-refractivity contribution is 7.99. The number of nitrogens with zero attached hydrogens (tertiary/aromatic N) is 1. The summed E-state index contributed by atoms with van der Waals surface area (Å²) in [7, 11) is 0. The fourth-order valence-electron chi connectivity index (χ4n) is 3.37. The van der Waals surface area contributed by atoms with Crippen LogP contribution in [0.5, 0.6) is 0 Å². The fraction of sp³-hybridized carbons (Fsp3) is 0.125. The van der Waals surface area contributed by atoms with Crippen LogP contribution in [0.15, 0.2) is 77.7 Å². The third-order valence-electron chi connectivity index (χ3n) is 4.95. The Labute approximate surface area is 183 Å².